The van der Waals surface area contributed by atoms with Gasteiger partial charge in [-0.3, -0.25) is 9.59 Å². The average molecular weight is 467 g/mol. The van der Waals surface area contributed by atoms with Gasteiger partial charge >= 0.3 is 6.18 Å². The van der Waals surface area contributed by atoms with Crippen molar-refractivity contribution in [2.24, 2.45) is 11.8 Å². The smallest absolute Gasteiger partial charge is 0.342 e. The third-order valence-corrected chi connectivity index (χ3v) is 6.36. The first-order chi connectivity index (χ1) is 15.1. The lowest BCUT2D eigenvalue weighted by Gasteiger charge is -2.28. The van der Waals surface area contributed by atoms with Crippen LogP contribution in [0.25, 0.3) is 0 Å². The number of hydrogen-bond donors (Lipinski definition) is 1. The number of aryl methyl sites for hydroxylation is 1. The standard InChI is InChI=1S/C24H26ClF3N2O2/c1-15(22(31)29-20-10-8-19(25)9-11-20)16-4-3-5-17-6-7-18(24(26,27)28)14-21(17)23(32)30(2)13-12-16/h6-11,14-16H,3-5,12-13H2,1-2H3,(H,29,31)/t15-,16-/m1/s1. The van der Waals surface area contributed by atoms with Gasteiger partial charge in [0.1, 0.15) is 0 Å². The fourth-order valence-corrected chi connectivity index (χ4v) is 4.16. The lowest BCUT2D eigenvalue weighted by Crippen LogP contribution is -2.34. The summed E-state index contributed by atoms with van der Waals surface area (Å²) in [5.41, 5.74) is 0.552. The zero-order valence-corrected chi connectivity index (χ0v) is 18.8. The van der Waals surface area contributed by atoms with Crippen molar-refractivity contribution >= 4 is 29.1 Å². The second-order valence-electron chi connectivity index (χ2n) is 8.32. The minimum Gasteiger partial charge on any atom is -0.342 e. The molecule has 0 fully saturated rings. The van der Waals surface area contributed by atoms with E-state index in [2.05, 4.69) is 5.32 Å². The Balaban J connectivity index is 1.74. The summed E-state index contributed by atoms with van der Waals surface area (Å²) in [7, 11) is 1.59. The number of halogens is 4. The highest BCUT2D eigenvalue weighted by atomic mass is 35.5. The predicted molar refractivity (Wildman–Crippen MR) is 119 cm³/mol. The minimum atomic E-state index is -4.50. The lowest BCUT2D eigenvalue weighted by molar-refractivity contribution is -0.137. The zero-order chi connectivity index (χ0) is 23.5. The molecule has 0 saturated carbocycles. The molecule has 2 aromatic carbocycles. The second-order valence-corrected chi connectivity index (χ2v) is 8.76. The Morgan fingerprint density at radius 3 is 2.50 bits per heavy atom. The van der Waals surface area contributed by atoms with Crippen molar-refractivity contribution in [3.8, 4) is 0 Å². The number of hydrogen-bond acceptors (Lipinski definition) is 2. The maximum Gasteiger partial charge on any atom is 0.416 e. The molecule has 1 aliphatic rings. The van der Waals surface area contributed by atoms with E-state index in [1.54, 1.807) is 31.3 Å². The Labute approximate surface area is 190 Å². The highest BCUT2D eigenvalue weighted by Crippen LogP contribution is 2.32. The summed E-state index contributed by atoms with van der Waals surface area (Å²) in [5, 5.41) is 3.48. The Hall–Kier alpha value is -2.54. The maximum atomic E-state index is 13.1. The Kier molecular flexibility index (Phi) is 7.49. The first-order valence-corrected chi connectivity index (χ1v) is 11.0. The Morgan fingerprint density at radius 2 is 1.84 bits per heavy atom. The average Bonchev–Trinajstić information content (AvgIpc) is 2.75. The molecule has 172 valence electrons. The maximum absolute atomic E-state index is 13.1. The van der Waals surface area contributed by atoms with Crippen LogP contribution in [-0.4, -0.2) is 30.3 Å². The molecule has 0 unspecified atom stereocenters. The van der Waals surface area contributed by atoms with Crippen molar-refractivity contribution in [2.75, 3.05) is 18.9 Å². The third-order valence-electron chi connectivity index (χ3n) is 6.10. The van der Waals surface area contributed by atoms with Crippen molar-refractivity contribution in [1.82, 2.24) is 4.90 Å². The Bertz CT molecular complexity index is 976. The summed E-state index contributed by atoms with van der Waals surface area (Å²) >= 11 is 5.89. The summed E-state index contributed by atoms with van der Waals surface area (Å²) in [4.78, 5) is 27.1. The van der Waals surface area contributed by atoms with Gasteiger partial charge in [-0.2, -0.15) is 13.2 Å². The topological polar surface area (TPSA) is 49.4 Å². The van der Waals surface area contributed by atoms with E-state index in [9.17, 15) is 22.8 Å². The van der Waals surface area contributed by atoms with Crippen LogP contribution in [0, 0.1) is 11.8 Å². The highest BCUT2D eigenvalue weighted by Gasteiger charge is 2.33. The minimum absolute atomic E-state index is 0.0357. The van der Waals surface area contributed by atoms with Gasteiger partial charge in [0.15, 0.2) is 0 Å². The number of rotatable bonds is 3. The summed E-state index contributed by atoms with van der Waals surface area (Å²) in [6, 6.07) is 10.3. The number of benzene rings is 2. The number of nitrogens with one attached hydrogen (secondary N) is 1. The van der Waals surface area contributed by atoms with Crippen LogP contribution in [0.15, 0.2) is 42.5 Å². The first-order valence-electron chi connectivity index (χ1n) is 10.6. The summed E-state index contributed by atoms with van der Waals surface area (Å²) in [6.07, 6.45) is -2.02. The molecule has 0 radical (unpaired) electrons. The van der Waals surface area contributed by atoms with E-state index in [4.69, 9.17) is 11.6 Å². The van der Waals surface area contributed by atoms with E-state index in [0.29, 0.717) is 42.1 Å². The van der Waals surface area contributed by atoms with Gasteiger partial charge in [0.2, 0.25) is 5.91 Å². The Morgan fingerprint density at radius 1 is 1.16 bits per heavy atom. The third kappa shape index (κ3) is 5.82. The molecule has 32 heavy (non-hydrogen) atoms. The SMILES string of the molecule is C[C@@H](C(=O)Nc1ccc(Cl)cc1)[C@@H]1CCCc2ccc(C(F)(F)F)cc2C(=O)N(C)CC1. The van der Waals surface area contributed by atoms with E-state index in [1.807, 2.05) is 6.92 Å². The van der Waals surface area contributed by atoms with Crippen LogP contribution in [0.2, 0.25) is 5.02 Å². The molecule has 0 bridgehead atoms. The summed E-state index contributed by atoms with van der Waals surface area (Å²) < 4.78 is 39.4. The fraction of sp³-hybridized carbons (Fsp3) is 0.417. The number of fused-ring (bicyclic) bond motifs is 1. The molecule has 0 aliphatic carbocycles. The molecular formula is C24H26ClF3N2O2. The van der Waals surface area contributed by atoms with Crippen LogP contribution >= 0.6 is 11.6 Å². The predicted octanol–water partition coefficient (Wildman–Crippen LogP) is 6.05. The van der Waals surface area contributed by atoms with Crippen LogP contribution in [-0.2, 0) is 17.4 Å². The molecular weight excluding hydrogens is 441 g/mol. The van der Waals surface area contributed by atoms with Crippen molar-refractivity contribution in [2.45, 2.75) is 38.8 Å². The second kappa shape index (κ2) is 9.94. The number of amides is 2. The van der Waals surface area contributed by atoms with Crippen molar-refractivity contribution in [3.05, 3.63) is 64.2 Å². The van der Waals surface area contributed by atoms with Crippen LogP contribution < -0.4 is 5.32 Å². The van der Waals surface area contributed by atoms with Gasteiger partial charge in [0.25, 0.3) is 5.91 Å². The van der Waals surface area contributed by atoms with Gasteiger partial charge < -0.3 is 10.2 Å². The van der Waals surface area contributed by atoms with Crippen LogP contribution in [0.3, 0.4) is 0 Å². The number of carbonyl (C=O) groups is 2. The molecule has 3 rings (SSSR count). The van der Waals surface area contributed by atoms with E-state index in [1.165, 1.54) is 11.0 Å². The van der Waals surface area contributed by atoms with Gasteiger partial charge in [0, 0.05) is 35.8 Å². The molecule has 0 spiro atoms. The monoisotopic (exact) mass is 466 g/mol. The normalized spacial score (nSPS) is 18.6. The van der Waals surface area contributed by atoms with E-state index in [0.717, 1.165) is 18.6 Å². The van der Waals surface area contributed by atoms with Gasteiger partial charge in [0.05, 0.1) is 5.56 Å². The number of carbonyl (C=O) groups excluding carboxylic acids is 2. The van der Waals surface area contributed by atoms with Gasteiger partial charge in [-0.1, -0.05) is 24.6 Å². The zero-order valence-electron chi connectivity index (χ0n) is 18.0. The molecule has 2 amide bonds. The van der Waals surface area contributed by atoms with Gasteiger partial charge in [-0.25, -0.2) is 0 Å². The number of anilines is 1. The van der Waals surface area contributed by atoms with Crippen LogP contribution in [0.5, 0.6) is 0 Å². The largest absolute Gasteiger partial charge is 0.416 e. The lowest BCUT2D eigenvalue weighted by atomic mass is 9.84. The molecule has 2 atom stereocenters. The molecule has 1 heterocycles. The van der Waals surface area contributed by atoms with Gasteiger partial charge in [-0.05, 0) is 73.6 Å². The molecule has 2 aromatic rings. The van der Waals surface area contributed by atoms with Crippen molar-refractivity contribution in [1.29, 1.82) is 0 Å². The summed E-state index contributed by atoms with van der Waals surface area (Å²) in [6.45, 7) is 2.23. The molecule has 0 aromatic heterocycles. The van der Waals surface area contributed by atoms with Gasteiger partial charge in [-0.15, -0.1) is 0 Å². The molecule has 1 aliphatic heterocycles. The van der Waals surface area contributed by atoms with E-state index < -0.39 is 17.6 Å². The van der Waals surface area contributed by atoms with E-state index in [-0.39, 0.29) is 23.3 Å². The number of nitrogens with zero attached hydrogens (tertiary/aromatic N) is 1. The van der Waals surface area contributed by atoms with Crippen LogP contribution in [0.1, 0.15) is 47.7 Å². The van der Waals surface area contributed by atoms with Crippen molar-refractivity contribution in [3.63, 3.8) is 0 Å². The molecule has 4 nitrogen and oxygen atoms in total. The van der Waals surface area contributed by atoms with Crippen LogP contribution in [0.4, 0.5) is 18.9 Å². The van der Waals surface area contributed by atoms with E-state index >= 15 is 0 Å². The molecule has 8 heteroatoms. The summed E-state index contributed by atoms with van der Waals surface area (Å²) in [5.74, 6) is -0.794. The van der Waals surface area contributed by atoms with Crippen molar-refractivity contribution < 1.29 is 22.8 Å². The quantitative estimate of drug-likeness (QED) is 0.598. The molecule has 0 saturated heterocycles. The highest BCUT2D eigenvalue weighted by molar-refractivity contribution is 6.30. The molecule has 1 N–H and O–H groups in total. The number of alkyl halides is 3. The fourth-order valence-electron chi connectivity index (χ4n) is 4.04. The first kappa shape index (κ1) is 24.1.